The maximum atomic E-state index is 5.20. The molecular formula is C19H28N2. The first kappa shape index (κ1) is 12.7. The van der Waals surface area contributed by atoms with E-state index in [2.05, 4.69) is 18.8 Å². The van der Waals surface area contributed by atoms with Crippen molar-refractivity contribution in [1.82, 2.24) is 9.97 Å². The summed E-state index contributed by atoms with van der Waals surface area (Å²) in [7, 11) is 0. The van der Waals surface area contributed by atoms with E-state index in [1.54, 1.807) is 0 Å². The Morgan fingerprint density at radius 3 is 2.19 bits per heavy atom. The number of H-pyrrole nitrogens is 1. The lowest BCUT2D eigenvalue weighted by Crippen LogP contribution is -2.49. The third-order valence-corrected chi connectivity index (χ3v) is 7.13. The molecule has 21 heavy (non-hydrogen) atoms. The van der Waals surface area contributed by atoms with Crippen molar-refractivity contribution in [1.29, 1.82) is 0 Å². The number of fused-ring (bicyclic) bond motifs is 1. The number of nitrogens with one attached hydrogen (secondary N) is 1. The predicted octanol–water partition coefficient (Wildman–Crippen LogP) is 4.56. The Kier molecular flexibility index (Phi) is 2.51. The Bertz CT molecular complexity index is 535. The summed E-state index contributed by atoms with van der Waals surface area (Å²) < 4.78 is 0. The highest BCUT2D eigenvalue weighted by atomic mass is 15.0. The van der Waals surface area contributed by atoms with Crippen LogP contribution in [0.5, 0.6) is 0 Å². The molecular weight excluding hydrogens is 256 g/mol. The third-order valence-electron chi connectivity index (χ3n) is 7.13. The van der Waals surface area contributed by atoms with E-state index in [1.807, 2.05) is 0 Å². The van der Waals surface area contributed by atoms with Gasteiger partial charge in [0.15, 0.2) is 0 Å². The minimum Gasteiger partial charge on any atom is -0.345 e. The summed E-state index contributed by atoms with van der Waals surface area (Å²) in [6.45, 7) is 4.77. The zero-order chi connectivity index (χ0) is 14.2. The van der Waals surface area contributed by atoms with E-state index in [-0.39, 0.29) is 0 Å². The molecule has 2 unspecified atom stereocenters. The van der Waals surface area contributed by atoms with Crippen molar-refractivity contribution in [2.75, 3.05) is 0 Å². The van der Waals surface area contributed by atoms with E-state index >= 15 is 0 Å². The fourth-order valence-electron chi connectivity index (χ4n) is 6.78. The number of hydrogen-bond acceptors (Lipinski definition) is 1. The molecule has 1 N–H and O–H groups in total. The first-order valence-corrected chi connectivity index (χ1v) is 9.20. The highest BCUT2D eigenvalue weighted by Crippen LogP contribution is 2.60. The Labute approximate surface area is 128 Å². The minimum absolute atomic E-state index is 0.440. The van der Waals surface area contributed by atoms with Crippen molar-refractivity contribution in [2.45, 2.75) is 76.5 Å². The summed E-state index contributed by atoms with van der Waals surface area (Å²) in [4.78, 5) is 9.04. The zero-order valence-electron chi connectivity index (χ0n) is 13.5. The van der Waals surface area contributed by atoms with Gasteiger partial charge in [0.2, 0.25) is 0 Å². The maximum Gasteiger partial charge on any atom is 0.112 e. The van der Waals surface area contributed by atoms with Gasteiger partial charge in [-0.05, 0) is 75.0 Å². The van der Waals surface area contributed by atoms with Gasteiger partial charge in [0, 0.05) is 17.0 Å². The monoisotopic (exact) mass is 284 g/mol. The van der Waals surface area contributed by atoms with Crippen molar-refractivity contribution < 1.29 is 0 Å². The van der Waals surface area contributed by atoms with E-state index in [0.29, 0.717) is 11.3 Å². The topological polar surface area (TPSA) is 28.7 Å². The summed E-state index contributed by atoms with van der Waals surface area (Å²) in [6.07, 6.45) is 11.4. The molecule has 4 fully saturated rings. The summed E-state index contributed by atoms with van der Waals surface area (Å²) in [6, 6.07) is 0. The maximum absolute atomic E-state index is 5.20. The number of nitrogens with zero attached hydrogens (tertiary/aromatic N) is 1. The average molecular weight is 284 g/mol. The SMILES string of the molecule is CC1Cc2[nH]c(C34CC5CC(CC(C5)C3)C4)nc2C(C)C1. The molecule has 1 aromatic rings. The van der Waals surface area contributed by atoms with Crippen LogP contribution in [0, 0.1) is 23.7 Å². The van der Waals surface area contributed by atoms with Crippen molar-refractivity contribution >= 4 is 0 Å². The normalized spacial score (nSPS) is 47.6. The summed E-state index contributed by atoms with van der Waals surface area (Å²) in [5.41, 5.74) is 3.33. The van der Waals surface area contributed by atoms with Gasteiger partial charge >= 0.3 is 0 Å². The second-order valence-corrected chi connectivity index (χ2v) is 9.09. The average Bonchev–Trinajstić information content (AvgIpc) is 2.82. The minimum atomic E-state index is 0.440. The Morgan fingerprint density at radius 2 is 1.57 bits per heavy atom. The molecule has 1 aromatic heterocycles. The molecule has 2 nitrogen and oxygen atoms in total. The van der Waals surface area contributed by atoms with Crippen LogP contribution in [0.2, 0.25) is 0 Å². The van der Waals surface area contributed by atoms with Gasteiger partial charge in [-0.25, -0.2) is 4.98 Å². The molecule has 6 rings (SSSR count). The molecule has 0 aromatic carbocycles. The molecule has 1 heterocycles. The van der Waals surface area contributed by atoms with Gasteiger partial charge in [-0.1, -0.05) is 13.8 Å². The molecule has 5 aliphatic carbocycles. The van der Waals surface area contributed by atoms with Crippen molar-refractivity contribution in [2.24, 2.45) is 23.7 Å². The number of hydrogen-bond donors (Lipinski definition) is 1. The van der Waals surface area contributed by atoms with Gasteiger partial charge in [-0.15, -0.1) is 0 Å². The number of rotatable bonds is 1. The van der Waals surface area contributed by atoms with Crippen LogP contribution >= 0.6 is 0 Å². The molecule has 5 aliphatic rings. The van der Waals surface area contributed by atoms with Gasteiger partial charge in [0.1, 0.15) is 5.82 Å². The second kappa shape index (κ2) is 4.14. The van der Waals surface area contributed by atoms with Crippen LogP contribution in [0.1, 0.15) is 81.9 Å². The smallest absolute Gasteiger partial charge is 0.112 e. The molecule has 114 valence electrons. The van der Waals surface area contributed by atoms with E-state index in [9.17, 15) is 0 Å². The molecule has 4 saturated carbocycles. The van der Waals surface area contributed by atoms with E-state index < -0.39 is 0 Å². The van der Waals surface area contributed by atoms with Gasteiger partial charge in [0.05, 0.1) is 5.69 Å². The Hall–Kier alpha value is -0.790. The number of aromatic amines is 1. The highest BCUT2D eigenvalue weighted by Gasteiger charge is 2.53. The quantitative estimate of drug-likeness (QED) is 0.804. The van der Waals surface area contributed by atoms with Crippen LogP contribution in [0.4, 0.5) is 0 Å². The van der Waals surface area contributed by atoms with Crippen molar-refractivity contribution in [3.63, 3.8) is 0 Å². The third kappa shape index (κ3) is 1.80. The fraction of sp³-hybridized carbons (Fsp3) is 0.842. The molecule has 0 saturated heterocycles. The van der Waals surface area contributed by atoms with Crippen LogP contribution in [0.15, 0.2) is 0 Å². The van der Waals surface area contributed by atoms with Crippen LogP contribution < -0.4 is 0 Å². The molecule has 0 radical (unpaired) electrons. The standard InChI is InChI=1S/C19H28N2/c1-11-3-12(2)17-16(4-11)20-18(21-17)19-8-13-5-14(9-19)7-15(6-13)10-19/h11-15H,3-10H2,1-2H3,(H,20,21). The van der Waals surface area contributed by atoms with Gasteiger partial charge < -0.3 is 4.98 Å². The first-order chi connectivity index (χ1) is 10.1. The molecule has 0 spiro atoms. The summed E-state index contributed by atoms with van der Waals surface area (Å²) >= 11 is 0. The largest absolute Gasteiger partial charge is 0.345 e. The van der Waals surface area contributed by atoms with Crippen molar-refractivity contribution in [3.8, 4) is 0 Å². The fourth-order valence-corrected chi connectivity index (χ4v) is 6.78. The van der Waals surface area contributed by atoms with Gasteiger partial charge in [-0.3, -0.25) is 0 Å². The Balaban J connectivity index is 1.55. The van der Waals surface area contributed by atoms with E-state index in [0.717, 1.165) is 23.7 Å². The lowest BCUT2D eigenvalue weighted by atomic mass is 9.49. The predicted molar refractivity (Wildman–Crippen MR) is 84.3 cm³/mol. The van der Waals surface area contributed by atoms with Crippen LogP contribution in [-0.2, 0) is 11.8 Å². The van der Waals surface area contributed by atoms with Crippen LogP contribution in [-0.4, -0.2) is 9.97 Å². The molecule has 2 heteroatoms. The number of aromatic nitrogens is 2. The molecule has 2 atom stereocenters. The van der Waals surface area contributed by atoms with E-state index in [1.165, 1.54) is 68.6 Å². The lowest BCUT2D eigenvalue weighted by Gasteiger charge is -2.56. The van der Waals surface area contributed by atoms with Gasteiger partial charge in [-0.2, -0.15) is 0 Å². The first-order valence-electron chi connectivity index (χ1n) is 9.20. The van der Waals surface area contributed by atoms with Crippen LogP contribution in [0.3, 0.4) is 0 Å². The Morgan fingerprint density at radius 1 is 0.952 bits per heavy atom. The molecule has 4 bridgehead atoms. The second-order valence-electron chi connectivity index (χ2n) is 9.09. The van der Waals surface area contributed by atoms with Gasteiger partial charge in [0.25, 0.3) is 0 Å². The zero-order valence-corrected chi connectivity index (χ0v) is 13.5. The van der Waals surface area contributed by atoms with Crippen LogP contribution in [0.25, 0.3) is 0 Å². The highest BCUT2D eigenvalue weighted by molar-refractivity contribution is 5.27. The van der Waals surface area contributed by atoms with Crippen molar-refractivity contribution in [3.05, 3.63) is 17.2 Å². The summed E-state index contributed by atoms with van der Waals surface area (Å²) in [5, 5.41) is 0. The number of imidazole rings is 1. The summed E-state index contributed by atoms with van der Waals surface area (Å²) in [5.74, 6) is 5.89. The van der Waals surface area contributed by atoms with E-state index in [4.69, 9.17) is 4.98 Å². The molecule has 0 amide bonds. The lowest BCUT2D eigenvalue weighted by molar-refractivity contribution is -0.00909. The molecule has 0 aliphatic heterocycles.